The van der Waals surface area contributed by atoms with Crippen molar-refractivity contribution in [3.05, 3.63) is 48.5 Å². The third-order valence-corrected chi connectivity index (χ3v) is 3.92. The first-order valence-electron chi connectivity index (χ1n) is 8.75. The lowest BCUT2D eigenvalue weighted by Crippen LogP contribution is -2.15. The van der Waals surface area contributed by atoms with E-state index in [1.807, 2.05) is 0 Å². The fourth-order valence-electron chi connectivity index (χ4n) is 2.70. The molecule has 1 heterocycles. The number of carbonyl (C=O) groups is 1. The van der Waals surface area contributed by atoms with Crippen molar-refractivity contribution in [2.24, 2.45) is 0 Å². The van der Waals surface area contributed by atoms with E-state index in [4.69, 9.17) is 9.47 Å². The number of anilines is 1. The molecule has 0 aliphatic carbocycles. The fraction of sp³-hybridized carbons (Fsp3) is 0.250. The first-order chi connectivity index (χ1) is 13.6. The number of nitrogens with zero attached hydrogens (tertiary/aromatic N) is 2. The minimum Gasteiger partial charge on any atom is -0.480 e. The summed E-state index contributed by atoms with van der Waals surface area (Å²) < 4.78 is 36.4. The number of hydrogen-bond donors (Lipinski definition) is 1. The van der Waals surface area contributed by atoms with E-state index < -0.39 is 12.6 Å². The van der Waals surface area contributed by atoms with E-state index in [9.17, 15) is 13.6 Å². The topological polar surface area (TPSA) is 73.3 Å². The Kier molecular flexibility index (Phi) is 6.31. The van der Waals surface area contributed by atoms with Crippen molar-refractivity contribution in [2.45, 2.75) is 6.92 Å². The van der Waals surface area contributed by atoms with Gasteiger partial charge in [0, 0.05) is 11.9 Å². The summed E-state index contributed by atoms with van der Waals surface area (Å²) in [4.78, 5) is 20.1. The summed E-state index contributed by atoms with van der Waals surface area (Å²) in [6.07, 6.45) is 1.33. The summed E-state index contributed by atoms with van der Waals surface area (Å²) in [6.45, 7) is 1.20. The van der Waals surface area contributed by atoms with E-state index >= 15 is 0 Å². The zero-order chi connectivity index (χ0) is 19.9. The van der Waals surface area contributed by atoms with Crippen LogP contribution in [-0.2, 0) is 9.53 Å². The van der Waals surface area contributed by atoms with Crippen LogP contribution in [0, 0.1) is 5.82 Å². The molecule has 0 unspecified atom stereocenters. The molecule has 0 fully saturated rings. The van der Waals surface area contributed by atoms with Crippen LogP contribution in [0.15, 0.2) is 42.7 Å². The Morgan fingerprint density at radius 3 is 2.64 bits per heavy atom. The van der Waals surface area contributed by atoms with E-state index in [-0.39, 0.29) is 25.6 Å². The quantitative estimate of drug-likeness (QED) is 0.594. The summed E-state index contributed by atoms with van der Waals surface area (Å²) in [5.74, 6) is -0.0761. The van der Waals surface area contributed by atoms with Gasteiger partial charge in [0.05, 0.1) is 6.61 Å². The molecule has 2 aromatic carbocycles. The van der Waals surface area contributed by atoms with Gasteiger partial charge in [0.25, 0.3) is 0 Å². The molecule has 0 saturated heterocycles. The van der Waals surface area contributed by atoms with E-state index in [1.54, 1.807) is 31.2 Å². The number of alkyl halides is 1. The Bertz CT molecular complexity index is 965. The molecule has 6 nitrogen and oxygen atoms in total. The van der Waals surface area contributed by atoms with Gasteiger partial charge in [-0.1, -0.05) is 12.1 Å². The number of esters is 1. The smallest absolute Gasteiger partial charge is 0.344 e. The van der Waals surface area contributed by atoms with Gasteiger partial charge in [-0.15, -0.1) is 0 Å². The van der Waals surface area contributed by atoms with Gasteiger partial charge in [-0.05, 0) is 42.3 Å². The molecule has 28 heavy (non-hydrogen) atoms. The van der Waals surface area contributed by atoms with Crippen LogP contribution in [-0.4, -0.2) is 42.4 Å². The highest BCUT2D eigenvalue weighted by atomic mass is 19.1. The van der Waals surface area contributed by atoms with Gasteiger partial charge in [0.15, 0.2) is 6.61 Å². The molecule has 1 aromatic heterocycles. The van der Waals surface area contributed by atoms with Crippen molar-refractivity contribution < 1.29 is 23.0 Å². The van der Waals surface area contributed by atoms with Gasteiger partial charge in [0.2, 0.25) is 0 Å². The summed E-state index contributed by atoms with van der Waals surface area (Å²) in [7, 11) is 0. The lowest BCUT2D eigenvalue weighted by molar-refractivity contribution is -0.145. The number of nitrogens with one attached hydrogen (secondary N) is 1. The van der Waals surface area contributed by atoms with Crippen molar-refractivity contribution >= 4 is 22.7 Å². The number of rotatable bonds is 8. The van der Waals surface area contributed by atoms with Gasteiger partial charge in [-0.3, -0.25) is 0 Å². The molecule has 0 saturated carbocycles. The van der Waals surface area contributed by atoms with Gasteiger partial charge < -0.3 is 14.8 Å². The minimum absolute atomic E-state index is 0.0892. The van der Waals surface area contributed by atoms with Crippen LogP contribution in [0.5, 0.6) is 5.75 Å². The second-order valence-electron chi connectivity index (χ2n) is 5.81. The van der Waals surface area contributed by atoms with E-state index in [2.05, 4.69) is 15.3 Å². The third-order valence-electron chi connectivity index (χ3n) is 3.92. The third kappa shape index (κ3) is 4.51. The molecule has 0 atom stereocenters. The molecule has 0 amide bonds. The maximum absolute atomic E-state index is 13.3. The number of ether oxygens (including phenoxy) is 2. The molecule has 0 aliphatic heterocycles. The summed E-state index contributed by atoms with van der Waals surface area (Å²) >= 11 is 0. The maximum Gasteiger partial charge on any atom is 0.344 e. The lowest BCUT2D eigenvalue weighted by atomic mass is 10.0. The van der Waals surface area contributed by atoms with E-state index in [0.29, 0.717) is 28.0 Å². The number of hydrogen-bond acceptors (Lipinski definition) is 6. The molecular formula is C20H19F2N3O3. The average molecular weight is 387 g/mol. The Hall–Kier alpha value is -3.29. The van der Waals surface area contributed by atoms with Crippen LogP contribution in [0.25, 0.3) is 22.0 Å². The number of benzene rings is 2. The first-order valence-corrected chi connectivity index (χ1v) is 8.75. The van der Waals surface area contributed by atoms with Gasteiger partial charge in [-0.25, -0.2) is 23.5 Å². The summed E-state index contributed by atoms with van der Waals surface area (Å²) in [5.41, 5.74) is 1.92. The monoisotopic (exact) mass is 387 g/mol. The Morgan fingerprint density at radius 2 is 1.93 bits per heavy atom. The average Bonchev–Trinajstić information content (AvgIpc) is 2.71. The molecule has 1 N–H and O–H groups in total. The predicted molar refractivity (Wildman–Crippen MR) is 102 cm³/mol. The lowest BCUT2D eigenvalue weighted by Gasteiger charge is -2.13. The number of halogens is 2. The second kappa shape index (κ2) is 9.07. The Balaban J connectivity index is 2.07. The van der Waals surface area contributed by atoms with Gasteiger partial charge >= 0.3 is 5.97 Å². The maximum atomic E-state index is 13.3. The van der Waals surface area contributed by atoms with Crippen molar-refractivity contribution in [1.82, 2.24) is 9.97 Å². The van der Waals surface area contributed by atoms with Crippen molar-refractivity contribution in [1.29, 1.82) is 0 Å². The van der Waals surface area contributed by atoms with E-state index in [1.165, 1.54) is 18.5 Å². The van der Waals surface area contributed by atoms with Crippen LogP contribution in [0.1, 0.15) is 6.92 Å². The van der Waals surface area contributed by atoms with Crippen LogP contribution in [0.4, 0.5) is 14.6 Å². The molecule has 0 radical (unpaired) electrons. The fourth-order valence-corrected chi connectivity index (χ4v) is 2.70. The number of carbonyl (C=O) groups excluding carboxylic acids is 1. The molecule has 146 valence electrons. The van der Waals surface area contributed by atoms with Crippen molar-refractivity contribution in [3.8, 4) is 16.9 Å². The second-order valence-corrected chi connectivity index (χ2v) is 5.81. The van der Waals surface area contributed by atoms with E-state index in [0.717, 1.165) is 5.56 Å². The van der Waals surface area contributed by atoms with Crippen LogP contribution in [0.2, 0.25) is 0 Å². The highest BCUT2D eigenvalue weighted by Gasteiger charge is 2.14. The summed E-state index contributed by atoms with van der Waals surface area (Å²) in [6, 6.07) is 9.47. The molecule has 3 rings (SSSR count). The standard InChI is InChI=1S/C20H19F2N3O3/c1-2-27-18(26)11-28-17-10-14(13-3-5-15(22)6-4-13)9-16-19(17)24-12-25-20(16)23-8-7-21/h3-6,9-10,12H,2,7-8,11H2,1H3,(H,23,24,25). The normalized spacial score (nSPS) is 10.7. The summed E-state index contributed by atoms with van der Waals surface area (Å²) in [5, 5.41) is 3.50. The van der Waals surface area contributed by atoms with Gasteiger partial charge in [-0.2, -0.15) is 0 Å². The van der Waals surface area contributed by atoms with Crippen molar-refractivity contribution in [3.63, 3.8) is 0 Å². The molecule has 0 aliphatic rings. The molecule has 0 bridgehead atoms. The van der Waals surface area contributed by atoms with Crippen LogP contribution in [0.3, 0.4) is 0 Å². The molecule has 3 aromatic rings. The zero-order valence-electron chi connectivity index (χ0n) is 15.2. The SMILES string of the molecule is CCOC(=O)COc1cc(-c2ccc(F)cc2)cc2c(NCCF)ncnc12. The highest BCUT2D eigenvalue weighted by molar-refractivity contribution is 5.96. The number of aromatic nitrogens is 2. The zero-order valence-corrected chi connectivity index (χ0v) is 15.2. The molecule has 8 heteroatoms. The molecule has 0 spiro atoms. The predicted octanol–water partition coefficient (Wildman–Crippen LogP) is 3.76. The first kappa shape index (κ1) is 19.5. The van der Waals surface area contributed by atoms with Crippen molar-refractivity contribution in [2.75, 3.05) is 31.7 Å². The largest absolute Gasteiger partial charge is 0.480 e. The highest BCUT2D eigenvalue weighted by Crippen LogP contribution is 2.34. The number of fused-ring (bicyclic) bond motifs is 1. The Morgan fingerprint density at radius 1 is 1.14 bits per heavy atom. The Labute approximate surface area is 160 Å². The molecular weight excluding hydrogens is 368 g/mol. The van der Waals surface area contributed by atoms with Crippen LogP contribution < -0.4 is 10.1 Å². The van der Waals surface area contributed by atoms with Crippen LogP contribution >= 0.6 is 0 Å². The minimum atomic E-state index is -0.560. The van der Waals surface area contributed by atoms with Gasteiger partial charge in [0.1, 0.15) is 35.9 Å².